The normalized spacial score (nSPS) is 15.1. The topological polar surface area (TPSA) is 52.4 Å². The summed E-state index contributed by atoms with van der Waals surface area (Å²) in [4.78, 5) is 10.1. The van der Waals surface area contributed by atoms with E-state index in [1.54, 1.807) is 0 Å². The molecular weight excluding hydrogens is 201 g/mol. The van der Waals surface area contributed by atoms with Crippen LogP contribution in [0.1, 0.15) is 24.3 Å². The van der Waals surface area contributed by atoms with Crippen molar-refractivity contribution in [1.29, 1.82) is 0 Å². The molecule has 0 amide bonds. The van der Waals surface area contributed by atoms with Crippen LogP contribution in [0.5, 0.6) is 5.75 Å². The molecule has 1 aliphatic carbocycles. The average molecular weight is 211 g/mol. The average Bonchev–Trinajstić information content (AvgIpc) is 3.00. The van der Waals surface area contributed by atoms with E-state index in [0.717, 1.165) is 18.9 Å². The van der Waals surface area contributed by atoms with Crippen molar-refractivity contribution in [3.63, 3.8) is 0 Å². The van der Waals surface area contributed by atoms with Crippen LogP contribution in [0.4, 0.5) is 10.1 Å². The van der Waals surface area contributed by atoms with Crippen molar-refractivity contribution in [1.82, 2.24) is 0 Å². The number of hydrogen-bond donors (Lipinski definition) is 0. The third kappa shape index (κ3) is 1.77. The third-order valence-electron chi connectivity index (χ3n) is 2.51. The summed E-state index contributed by atoms with van der Waals surface area (Å²) >= 11 is 0. The van der Waals surface area contributed by atoms with E-state index in [9.17, 15) is 14.5 Å². The highest BCUT2D eigenvalue weighted by atomic mass is 19.1. The van der Waals surface area contributed by atoms with Crippen molar-refractivity contribution in [2.45, 2.75) is 18.8 Å². The molecule has 1 fully saturated rings. The molecule has 2 rings (SSSR count). The summed E-state index contributed by atoms with van der Waals surface area (Å²) in [7, 11) is 1.29. The minimum absolute atomic E-state index is 0.0260. The van der Waals surface area contributed by atoms with Gasteiger partial charge in [0.1, 0.15) is 5.82 Å². The fourth-order valence-corrected chi connectivity index (χ4v) is 1.57. The number of benzene rings is 1. The maximum Gasteiger partial charge on any atom is 0.311 e. The second kappa shape index (κ2) is 3.49. The van der Waals surface area contributed by atoms with E-state index in [-0.39, 0.29) is 17.4 Å². The molecule has 80 valence electrons. The molecule has 0 radical (unpaired) electrons. The first-order valence-corrected chi connectivity index (χ1v) is 4.65. The lowest BCUT2D eigenvalue weighted by atomic mass is 10.1. The molecule has 0 bridgehead atoms. The molecule has 0 heterocycles. The zero-order valence-electron chi connectivity index (χ0n) is 8.20. The first kappa shape index (κ1) is 9.89. The van der Waals surface area contributed by atoms with Gasteiger partial charge in [-0.1, -0.05) is 0 Å². The number of rotatable bonds is 3. The van der Waals surface area contributed by atoms with Gasteiger partial charge in [-0.25, -0.2) is 4.39 Å². The number of hydrogen-bond acceptors (Lipinski definition) is 3. The van der Waals surface area contributed by atoms with Crippen molar-refractivity contribution in [2.24, 2.45) is 0 Å². The number of halogens is 1. The number of nitrogens with zero attached hydrogens (tertiary/aromatic N) is 1. The van der Waals surface area contributed by atoms with E-state index >= 15 is 0 Å². The second-order valence-electron chi connectivity index (χ2n) is 3.58. The molecule has 0 aromatic heterocycles. The lowest BCUT2D eigenvalue weighted by Gasteiger charge is -2.05. The Morgan fingerprint density at radius 2 is 2.20 bits per heavy atom. The molecule has 1 aromatic carbocycles. The maximum atomic E-state index is 13.5. The van der Waals surface area contributed by atoms with Crippen molar-refractivity contribution in [2.75, 3.05) is 7.11 Å². The van der Waals surface area contributed by atoms with Gasteiger partial charge >= 0.3 is 5.69 Å². The molecule has 15 heavy (non-hydrogen) atoms. The van der Waals surface area contributed by atoms with Gasteiger partial charge < -0.3 is 4.74 Å². The lowest BCUT2D eigenvalue weighted by Crippen LogP contribution is -1.97. The molecule has 0 aliphatic heterocycles. The summed E-state index contributed by atoms with van der Waals surface area (Å²) in [5.74, 6) is -0.295. The summed E-state index contributed by atoms with van der Waals surface area (Å²) in [6.45, 7) is 0. The quantitative estimate of drug-likeness (QED) is 0.570. The van der Waals surface area contributed by atoms with E-state index in [4.69, 9.17) is 4.74 Å². The van der Waals surface area contributed by atoms with Gasteiger partial charge in [0.2, 0.25) is 0 Å². The molecule has 0 unspecified atom stereocenters. The third-order valence-corrected chi connectivity index (χ3v) is 2.51. The fraction of sp³-hybridized carbons (Fsp3) is 0.400. The molecule has 4 nitrogen and oxygen atoms in total. The second-order valence-corrected chi connectivity index (χ2v) is 3.58. The Morgan fingerprint density at radius 1 is 1.53 bits per heavy atom. The minimum Gasteiger partial charge on any atom is -0.490 e. The van der Waals surface area contributed by atoms with Crippen LogP contribution in [0.25, 0.3) is 0 Å². The summed E-state index contributed by atoms with van der Waals surface area (Å²) in [6.07, 6.45) is 1.81. The molecule has 5 heteroatoms. The summed E-state index contributed by atoms with van der Waals surface area (Å²) in [6, 6.07) is 2.37. The van der Waals surface area contributed by atoms with E-state index in [1.807, 2.05) is 0 Å². The first-order valence-electron chi connectivity index (χ1n) is 4.65. The predicted octanol–water partition coefficient (Wildman–Crippen LogP) is 2.62. The van der Waals surface area contributed by atoms with Crippen LogP contribution in [-0.4, -0.2) is 12.0 Å². The van der Waals surface area contributed by atoms with E-state index in [1.165, 1.54) is 13.2 Å². The van der Waals surface area contributed by atoms with Gasteiger partial charge in [-0.15, -0.1) is 0 Å². The summed E-state index contributed by atoms with van der Waals surface area (Å²) in [5.41, 5.74) is 0.267. The van der Waals surface area contributed by atoms with Crippen LogP contribution >= 0.6 is 0 Å². The van der Waals surface area contributed by atoms with Gasteiger partial charge in [0, 0.05) is 12.1 Å². The molecule has 0 atom stereocenters. The molecule has 0 N–H and O–H groups in total. The highest BCUT2D eigenvalue weighted by Crippen LogP contribution is 2.44. The molecule has 1 aliphatic rings. The van der Waals surface area contributed by atoms with Gasteiger partial charge in [0.05, 0.1) is 12.0 Å². The predicted molar refractivity (Wildman–Crippen MR) is 51.6 cm³/mol. The largest absolute Gasteiger partial charge is 0.490 e. The SMILES string of the molecule is COc1cc(F)c(C2CC2)cc1[N+](=O)[O-]. The van der Waals surface area contributed by atoms with Crippen LogP contribution in [0.3, 0.4) is 0 Å². The highest BCUT2D eigenvalue weighted by Gasteiger charge is 2.30. The highest BCUT2D eigenvalue weighted by molar-refractivity contribution is 5.50. The Balaban J connectivity index is 2.51. The molecule has 1 aromatic rings. The molecule has 0 spiro atoms. The Labute approximate surface area is 85.8 Å². The van der Waals surface area contributed by atoms with Gasteiger partial charge in [0.25, 0.3) is 0 Å². The zero-order valence-corrected chi connectivity index (χ0v) is 8.20. The smallest absolute Gasteiger partial charge is 0.311 e. The van der Waals surface area contributed by atoms with Gasteiger partial charge in [-0.2, -0.15) is 0 Å². The first-order chi connectivity index (χ1) is 7.13. The molecular formula is C10H10FNO3. The summed E-state index contributed by atoms with van der Waals surface area (Å²) < 4.78 is 18.2. The Morgan fingerprint density at radius 3 is 2.67 bits per heavy atom. The lowest BCUT2D eigenvalue weighted by molar-refractivity contribution is -0.385. The Hall–Kier alpha value is -1.65. The van der Waals surface area contributed by atoms with E-state index < -0.39 is 10.7 Å². The van der Waals surface area contributed by atoms with Crippen LogP contribution in [0, 0.1) is 15.9 Å². The zero-order chi connectivity index (χ0) is 11.0. The van der Waals surface area contributed by atoms with Crippen LogP contribution < -0.4 is 4.74 Å². The van der Waals surface area contributed by atoms with Crippen LogP contribution in [0.15, 0.2) is 12.1 Å². The fourth-order valence-electron chi connectivity index (χ4n) is 1.57. The Kier molecular flexibility index (Phi) is 2.30. The monoisotopic (exact) mass is 211 g/mol. The van der Waals surface area contributed by atoms with Gasteiger partial charge in [0.15, 0.2) is 5.75 Å². The van der Waals surface area contributed by atoms with E-state index in [0.29, 0.717) is 5.56 Å². The van der Waals surface area contributed by atoms with Crippen molar-refractivity contribution < 1.29 is 14.1 Å². The molecule has 1 saturated carbocycles. The number of nitro benzene ring substituents is 1. The Bertz CT molecular complexity index is 415. The van der Waals surface area contributed by atoms with Gasteiger partial charge in [-0.3, -0.25) is 10.1 Å². The van der Waals surface area contributed by atoms with E-state index in [2.05, 4.69) is 0 Å². The minimum atomic E-state index is -0.551. The van der Waals surface area contributed by atoms with Crippen molar-refractivity contribution in [3.05, 3.63) is 33.6 Å². The van der Waals surface area contributed by atoms with Crippen molar-refractivity contribution >= 4 is 5.69 Å². The number of methoxy groups -OCH3 is 1. The van der Waals surface area contributed by atoms with Crippen molar-refractivity contribution in [3.8, 4) is 5.75 Å². The maximum absolute atomic E-state index is 13.5. The number of nitro groups is 1. The molecule has 0 saturated heterocycles. The van der Waals surface area contributed by atoms with Crippen LogP contribution in [0.2, 0.25) is 0 Å². The summed E-state index contributed by atoms with van der Waals surface area (Å²) in [5, 5.41) is 10.7. The standard InChI is InChI=1S/C10H10FNO3/c1-15-10-5-8(11)7(6-2-3-6)4-9(10)12(13)14/h4-6H,2-3H2,1H3. The van der Waals surface area contributed by atoms with Crippen LogP contribution in [-0.2, 0) is 0 Å². The number of ether oxygens (including phenoxy) is 1. The van der Waals surface area contributed by atoms with Gasteiger partial charge in [-0.05, 0) is 24.3 Å².